The van der Waals surface area contributed by atoms with Gasteiger partial charge in [0.05, 0.1) is 24.9 Å². The van der Waals surface area contributed by atoms with Crippen LogP contribution in [0.25, 0.3) is 0 Å². The van der Waals surface area contributed by atoms with Gasteiger partial charge < -0.3 is 14.7 Å². The second kappa shape index (κ2) is 6.58. The number of carbonyl (C=O) groups excluding carboxylic acids is 1. The molecule has 5 heteroatoms. The molecule has 1 saturated heterocycles. The first kappa shape index (κ1) is 13.9. The topological polar surface area (TPSA) is 73.6 Å². The van der Waals surface area contributed by atoms with Crippen molar-refractivity contribution in [1.82, 2.24) is 4.90 Å². The van der Waals surface area contributed by atoms with E-state index in [9.17, 15) is 4.79 Å². The van der Waals surface area contributed by atoms with E-state index in [-0.39, 0.29) is 24.7 Å². The molecule has 3 unspecified atom stereocenters. The van der Waals surface area contributed by atoms with Crippen LogP contribution in [0.3, 0.4) is 0 Å². The Labute approximate surface area is 102 Å². The third-order valence-corrected chi connectivity index (χ3v) is 2.87. The molecule has 0 aliphatic carbocycles. The second-order valence-corrected chi connectivity index (χ2v) is 4.46. The monoisotopic (exact) mass is 240 g/mol. The van der Waals surface area contributed by atoms with Gasteiger partial charge in [0, 0.05) is 13.1 Å². The van der Waals surface area contributed by atoms with Crippen LogP contribution in [-0.2, 0) is 9.53 Å². The molecular weight excluding hydrogens is 220 g/mol. The molecule has 1 aliphatic rings. The van der Waals surface area contributed by atoms with Crippen molar-refractivity contribution in [2.24, 2.45) is 5.92 Å². The van der Waals surface area contributed by atoms with E-state index >= 15 is 0 Å². The predicted molar refractivity (Wildman–Crippen MR) is 62.0 cm³/mol. The molecule has 0 spiro atoms. The van der Waals surface area contributed by atoms with Crippen LogP contribution in [0.2, 0.25) is 0 Å². The molecule has 1 rings (SSSR count). The van der Waals surface area contributed by atoms with Gasteiger partial charge in [0.25, 0.3) is 0 Å². The molecule has 1 heterocycles. The van der Waals surface area contributed by atoms with Gasteiger partial charge in [-0.3, -0.25) is 4.79 Å². The molecule has 3 atom stereocenters. The zero-order valence-corrected chi connectivity index (χ0v) is 10.4. The summed E-state index contributed by atoms with van der Waals surface area (Å²) in [6, 6.07) is 2.05. The van der Waals surface area contributed by atoms with E-state index in [1.54, 1.807) is 4.90 Å². The average molecular weight is 240 g/mol. The number of amides is 1. The van der Waals surface area contributed by atoms with Crippen LogP contribution in [0.1, 0.15) is 26.7 Å². The van der Waals surface area contributed by atoms with Gasteiger partial charge in [-0.15, -0.1) is 0 Å². The summed E-state index contributed by atoms with van der Waals surface area (Å²) in [7, 11) is 0. The second-order valence-electron chi connectivity index (χ2n) is 4.46. The quantitative estimate of drug-likeness (QED) is 0.778. The van der Waals surface area contributed by atoms with E-state index in [1.165, 1.54) is 0 Å². The van der Waals surface area contributed by atoms with Crippen LogP contribution < -0.4 is 0 Å². The van der Waals surface area contributed by atoms with Crippen molar-refractivity contribution in [3.63, 3.8) is 0 Å². The minimum absolute atomic E-state index is 0.0918. The number of hydrogen-bond donors (Lipinski definition) is 1. The van der Waals surface area contributed by atoms with Crippen molar-refractivity contribution < 1.29 is 14.6 Å². The summed E-state index contributed by atoms with van der Waals surface area (Å²) in [6.07, 6.45) is 0.979. The summed E-state index contributed by atoms with van der Waals surface area (Å²) in [5.41, 5.74) is 0. The standard InChI is InChI=1S/C12H20N2O3/c1-3-4-10(5-13)12(16)14-6-9(2)17-11(7-14)8-15/h9-11,15H,3-4,6-8H2,1-2H3. The zero-order valence-electron chi connectivity index (χ0n) is 10.4. The zero-order chi connectivity index (χ0) is 12.8. The van der Waals surface area contributed by atoms with E-state index in [1.807, 2.05) is 13.8 Å². The number of hydrogen-bond acceptors (Lipinski definition) is 4. The van der Waals surface area contributed by atoms with Gasteiger partial charge in [0.2, 0.25) is 5.91 Å². The third-order valence-electron chi connectivity index (χ3n) is 2.87. The van der Waals surface area contributed by atoms with Gasteiger partial charge in [-0.05, 0) is 13.3 Å². The third kappa shape index (κ3) is 3.69. The molecule has 1 aliphatic heterocycles. The van der Waals surface area contributed by atoms with Crippen LogP contribution in [0.15, 0.2) is 0 Å². The molecule has 5 nitrogen and oxygen atoms in total. The maximum atomic E-state index is 12.1. The number of nitriles is 1. The molecule has 0 aromatic rings. The number of morpholine rings is 1. The van der Waals surface area contributed by atoms with Crippen LogP contribution >= 0.6 is 0 Å². The minimum Gasteiger partial charge on any atom is -0.394 e. The number of aliphatic hydroxyl groups is 1. The lowest BCUT2D eigenvalue weighted by molar-refractivity contribution is -0.149. The van der Waals surface area contributed by atoms with Crippen LogP contribution in [-0.4, -0.2) is 47.8 Å². The van der Waals surface area contributed by atoms with Gasteiger partial charge in [0.15, 0.2) is 0 Å². The molecule has 1 fully saturated rings. The molecule has 0 bridgehead atoms. The SMILES string of the molecule is CCCC(C#N)C(=O)N1CC(C)OC(CO)C1. The van der Waals surface area contributed by atoms with Gasteiger partial charge >= 0.3 is 0 Å². The lowest BCUT2D eigenvalue weighted by Gasteiger charge is -2.36. The molecular formula is C12H20N2O3. The largest absolute Gasteiger partial charge is 0.394 e. The van der Waals surface area contributed by atoms with Crippen molar-refractivity contribution >= 4 is 5.91 Å². The number of carbonyl (C=O) groups is 1. The van der Waals surface area contributed by atoms with Crippen molar-refractivity contribution in [3.8, 4) is 6.07 Å². The molecule has 1 amide bonds. The lowest BCUT2D eigenvalue weighted by Crippen LogP contribution is -2.51. The summed E-state index contributed by atoms with van der Waals surface area (Å²) in [6.45, 7) is 4.59. The van der Waals surface area contributed by atoms with Crippen LogP contribution in [0, 0.1) is 17.2 Å². The highest BCUT2D eigenvalue weighted by Gasteiger charge is 2.31. The summed E-state index contributed by atoms with van der Waals surface area (Å²) in [5, 5.41) is 18.0. The van der Waals surface area contributed by atoms with Crippen LogP contribution in [0.5, 0.6) is 0 Å². The Bertz CT molecular complexity index is 301. The lowest BCUT2D eigenvalue weighted by atomic mass is 10.0. The van der Waals surface area contributed by atoms with E-state index in [0.717, 1.165) is 6.42 Å². The summed E-state index contributed by atoms with van der Waals surface area (Å²) in [5.74, 6) is -0.701. The van der Waals surface area contributed by atoms with Gasteiger partial charge in [0.1, 0.15) is 5.92 Å². The first-order valence-electron chi connectivity index (χ1n) is 6.07. The Hall–Kier alpha value is -1.12. The summed E-state index contributed by atoms with van der Waals surface area (Å²) < 4.78 is 5.46. The van der Waals surface area contributed by atoms with Crippen molar-refractivity contribution in [3.05, 3.63) is 0 Å². The fourth-order valence-electron chi connectivity index (χ4n) is 2.08. The first-order chi connectivity index (χ1) is 8.12. The molecule has 0 saturated carbocycles. The molecule has 1 N–H and O–H groups in total. The van der Waals surface area contributed by atoms with Gasteiger partial charge in [-0.2, -0.15) is 5.26 Å². The number of ether oxygens (including phenoxy) is 1. The maximum absolute atomic E-state index is 12.1. The number of aliphatic hydroxyl groups excluding tert-OH is 1. The Morgan fingerprint density at radius 1 is 1.65 bits per heavy atom. The van der Waals surface area contributed by atoms with E-state index in [0.29, 0.717) is 19.5 Å². The summed E-state index contributed by atoms with van der Waals surface area (Å²) >= 11 is 0. The Morgan fingerprint density at radius 2 is 2.35 bits per heavy atom. The maximum Gasteiger partial charge on any atom is 0.240 e. The number of nitrogens with zero attached hydrogens (tertiary/aromatic N) is 2. The fourth-order valence-corrected chi connectivity index (χ4v) is 2.08. The normalized spacial score (nSPS) is 26.4. The Morgan fingerprint density at radius 3 is 2.88 bits per heavy atom. The average Bonchev–Trinajstić information content (AvgIpc) is 2.34. The van der Waals surface area contributed by atoms with Crippen molar-refractivity contribution in [2.75, 3.05) is 19.7 Å². The van der Waals surface area contributed by atoms with E-state index in [2.05, 4.69) is 6.07 Å². The number of rotatable bonds is 4. The molecule has 96 valence electrons. The Balaban J connectivity index is 2.64. The highest BCUT2D eigenvalue weighted by Crippen LogP contribution is 2.16. The van der Waals surface area contributed by atoms with Gasteiger partial charge in [-0.25, -0.2) is 0 Å². The van der Waals surface area contributed by atoms with Crippen LogP contribution in [0.4, 0.5) is 0 Å². The van der Waals surface area contributed by atoms with E-state index < -0.39 is 5.92 Å². The van der Waals surface area contributed by atoms with Crippen molar-refractivity contribution in [1.29, 1.82) is 5.26 Å². The molecule has 0 aromatic carbocycles. The first-order valence-corrected chi connectivity index (χ1v) is 6.07. The molecule has 0 aromatic heterocycles. The Kier molecular flexibility index (Phi) is 5.39. The smallest absolute Gasteiger partial charge is 0.240 e. The molecule has 0 radical (unpaired) electrons. The predicted octanol–water partition coefficient (Wildman–Crippen LogP) is 0.534. The highest BCUT2D eigenvalue weighted by molar-refractivity contribution is 5.81. The molecule has 17 heavy (non-hydrogen) atoms. The minimum atomic E-state index is -0.565. The van der Waals surface area contributed by atoms with Gasteiger partial charge in [-0.1, -0.05) is 13.3 Å². The summed E-state index contributed by atoms with van der Waals surface area (Å²) in [4.78, 5) is 13.7. The fraction of sp³-hybridized carbons (Fsp3) is 0.833. The van der Waals surface area contributed by atoms with E-state index in [4.69, 9.17) is 15.1 Å². The van der Waals surface area contributed by atoms with Crippen molar-refractivity contribution in [2.45, 2.75) is 38.9 Å². The highest BCUT2D eigenvalue weighted by atomic mass is 16.5.